The quantitative estimate of drug-likeness (QED) is 0.236. The van der Waals surface area contributed by atoms with Crippen molar-refractivity contribution in [2.75, 3.05) is 0 Å². The van der Waals surface area contributed by atoms with Gasteiger partial charge in [0.2, 0.25) is 0 Å². The summed E-state index contributed by atoms with van der Waals surface area (Å²) in [6, 6.07) is 17.3. The lowest BCUT2D eigenvalue weighted by atomic mass is 9.98. The van der Waals surface area contributed by atoms with Crippen molar-refractivity contribution in [2.45, 2.75) is 19.4 Å². The monoisotopic (exact) mass is 547 g/mol. The van der Waals surface area contributed by atoms with Crippen molar-refractivity contribution in [3.63, 3.8) is 0 Å². The van der Waals surface area contributed by atoms with Gasteiger partial charge in [-0.3, -0.25) is 19.1 Å². The van der Waals surface area contributed by atoms with E-state index >= 15 is 0 Å². The first kappa shape index (κ1) is 25.9. The molecular formula is C32H23F2N5O2. The molecule has 202 valence electrons. The molecule has 0 unspecified atom stereocenters. The van der Waals surface area contributed by atoms with Gasteiger partial charge in [-0.05, 0) is 47.4 Å². The second-order valence-corrected chi connectivity index (χ2v) is 9.68. The molecule has 0 aliphatic rings. The van der Waals surface area contributed by atoms with Crippen molar-refractivity contribution in [1.82, 2.24) is 24.5 Å². The third-order valence-corrected chi connectivity index (χ3v) is 6.94. The molecular weight excluding hydrogens is 524 g/mol. The predicted molar refractivity (Wildman–Crippen MR) is 151 cm³/mol. The minimum Gasteiger partial charge on any atom is -0.346 e. The van der Waals surface area contributed by atoms with Crippen molar-refractivity contribution in [3.05, 3.63) is 137 Å². The predicted octanol–water partition coefficient (Wildman–Crippen LogP) is 5.99. The maximum Gasteiger partial charge on any atom is 0.264 e. The summed E-state index contributed by atoms with van der Waals surface area (Å²) in [5, 5.41) is 0.969. The van der Waals surface area contributed by atoms with Gasteiger partial charge in [0.05, 0.1) is 12.9 Å². The number of aryl methyl sites for hydroxylation is 1. The normalized spacial score (nSPS) is 11.2. The minimum absolute atomic E-state index is 0.0336. The van der Waals surface area contributed by atoms with Gasteiger partial charge >= 0.3 is 0 Å². The Morgan fingerprint density at radius 2 is 1.73 bits per heavy atom. The Balaban J connectivity index is 1.20. The van der Waals surface area contributed by atoms with E-state index in [2.05, 4.69) is 26.0 Å². The zero-order valence-corrected chi connectivity index (χ0v) is 21.7. The zero-order chi connectivity index (χ0) is 28.3. The number of fused-ring (bicyclic) bond motifs is 1. The standard InChI is InChI=1S/C32H23F2N5O2/c33-28-8-6-21(12-29(28)34)18-39-19-36-16-27(32(39)41)30(40)9-7-20-3-1-4-22(11-20)26-17-38-31-25(26)13-24(15-37-31)23-5-2-10-35-14-23/h1-6,8,10-17,19H,7,9,18H2,(H,37,38). The molecule has 4 heterocycles. The Hall–Kier alpha value is -5.31. The van der Waals surface area contributed by atoms with E-state index in [9.17, 15) is 18.4 Å². The van der Waals surface area contributed by atoms with Crippen molar-refractivity contribution in [1.29, 1.82) is 0 Å². The molecule has 41 heavy (non-hydrogen) atoms. The molecule has 1 N–H and O–H groups in total. The molecule has 0 radical (unpaired) electrons. The van der Waals surface area contributed by atoms with Gasteiger partial charge in [-0.25, -0.2) is 18.7 Å². The van der Waals surface area contributed by atoms with Crippen molar-refractivity contribution >= 4 is 16.8 Å². The van der Waals surface area contributed by atoms with Crippen LogP contribution >= 0.6 is 0 Å². The van der Waals surface area contributed by atoms with Crippen LogP contribution in [0, 0.1) is 11.6 Å². The molecule has 9 heteroatoms. The molecule has 7 nitrogen and oxygen atoms in total. The fraction of sp³-hybridized carbons (Fsp3) is 0.0938. The van der Waals surface area contributed by atoms with Crippen LogP contribution in [0.25, 0.3) is 33.3 Å². The number of Topliss-reactive ketones (excluding diaryl/α,β-unsaturated/α-hetero) is 1. The summed E-state index contributed by atoms with van der Waals surface area (Å²) < 4.78 is 28.1. The molecule has 4 aromatic heterocycles. The molecule has 0 amide bonds. The van der Waals surface area contributed by atoms with Crippen LogP contribution < -0.4 is 5.56 Å². The number of hydrogen-bond acceptors (Lipinski definition) is 5. The molecule has 6 aromatic rings. The second kappa shape index (κ2) is 11.1. The van der Waals surface area contributed by atoms with Crippen molar-refractivity contribution in [3.8, 4) is 22.3 Å². The summed E-state index contributed by atoms with van der Waals surface area (Å²) in [4.78, 5) is 42.0. The zero-order valence-electron chi connectivity index (χ0n) is 21.7. The molecule has 2 aromatic carbocycles. The second-order valence-electron chi connectivity index (χ2n) is 9.68. The van der Waals surface area contributed by atoms with E-state index < -0.39 is 17.2 Å². The minimum atomic E-state index is -1.00. The van der Waals surface area contributed by atoms with Crippen molar-refractivity contribution < 1.29 is 13.6 Å². The van der Waals surface area contributed by atoms with Gasteiger partial charge in [-0.15, -0.1) is 0 Å². The molecule has 0 saturated heterocycles. The Morgan fingerprint density at radius 3 is 2.56 bits per heavy atom. The number of H-pyrrole nitrogens is 1. The molecule has 0 atom stereocenters. The molecule has 0 fully saturated rings. The van der Waals surface area contributed by atoms with Crippen LogP contribution in [-0.2, 0) is 13.0 Å². The Kier molecular flexibility index (Phi) is 6.99. The smallest absolute Gasteiger partial charge is 0.264 e. The number of nitrogens with zero attached hydrogens (tertiary/aromatic N) is 4. The van der Waals surface area contributed by atoms with Gasteiger partial charge in [0.25, 0.3) is 5.56 Å². The first-order valence-electron chi connectivity index (χ1n) is 12.9. The summed E-state index contributed by atoms with van der Waals surface area (Å²) in [6.07, 6.45) is 10.3. The van der Waals surface area contributed by atoms with Crippen molar-refractivity contribution in [2.24, 2.45) is 0 Å². The van der Waals surface area contributed by atoms with Crippen LogP contribution in [0.2, 0.25) is 0 Å². The number of aromatic amines is 1. The highest BCUT2D eigenvalue weighted by atomic mass is 19.2. The van der Waals surface area contributed by atoms with Gasteiger partial charge < -0.3 is 4.98 Å². The first-order valence-corrected chi connectivity index (χ1v) is 12.9. The van der Waals surface area contributed by atoms with Crippen LogP contribution in [0.1, 0.15) is 27.9 Å². The summed E-state index contributed by atoms with van der Waals surface area (Å²) in [7, 11) is 0. The maximum atomic E-state index is 13.6. The average Bonchev–Trinajstić information content (AvgIpc) is 3.43. The number of nitrogens with one attached hydrogen (secondary N) is 1. The number of ketones is 1. The number of aromatic nitrogens is 5. The lowest BCUT2D eigenvalue weighted by Gasteiger charge is -2.08. The lowest BCUT2D eigenvalue weighted by Crippen LogP contribution is -2.27. The third-order valence-electron chi connectivity index (χ3n) is 6.94. The van der Waals surface area contributed by atoms with E-state index in [1.54, 1.807) is 12.4 Å². The van der Waals surface area contributed by atoms with Gasteiger partial charge in [0.1, 0.15) is 11.2 Å². The lowest BCUT2D eigenvalue weighted by molar-refractivity contribution is 0.0980. The summed E-state index contributed by atoms with van der Waals surface area (Å²) >= 11 is 0. The summed E-state index contributed by atoms with van der Waals surface area (Å²) in [5.41, 5.74) is 5.41. The summed E-state index contributed by atoms with van der Waals surface area (Å²) in [6.45, 7) is -0.0336. The SMILES string of the molecule is O=C(CCc1cccc(-c2c[nH]c3ncc(-c4cccnc4)cc23)c1)c1cncn(Cc2ccc(F)c(F)c2)c1=O. The van der Waals surface area contributed by atoms with E-state index in [0.717, 1.165) is 51.0 Å². The Labute approximate surface area is 233 Å². The summed E-state index contributed by atoms with van der Waals surface area (Å²) in [5.74, 6) is -2.32. The molecule has 6 rings (SSSR count). The number of carbonyl (C=O) groups is 1. The topological polar surface area (TPSA) is 93.5 Å². The van der Waals surface area contributed by atoms with E-state index in [0.29, 0.717) is 12.0 Å². The number of rotatable bonds is 8. The van der Waals surface area contributed by atoms with Crippen LogP contribution in [0.15, 0.2) is 103 Å². The van der Waals surface area contributed by atoms with Gasteiger partial charge in [0, 0.05) is 59.5 Å². The highest BCUT2D eigenvalue weighted by Gasteiger charge is 2.15. The van der Waals surface area contributed by atoms with E-state index in [4.69, 9.17) is 0 Å². The fourth-order valence-corrected chi connectivity index (χ4v) is 4.81. The number of hydrogen-bond donors (Lipinski definition) is 1. The highest BCUT2D eigenvalue weighted by Crippen LogP contribution is 2.31. The van der Waals surface area contributed by atoms with Crippen LogP contribution in [0.4, 0.5) is 8.78 Å². The first-order chi connectivity index (χ1) is 20.0. The fourth-order valence-electron chi connectivity index (χ4n) is 4.81. The number of halogens is 2. The molecule has 0 bridgehead atoms. The molecule has 0 saturated carbocycles. The van der Waals surface area contributed by atoms with E-state index in [1.807, 2.05) is 48.8 Å². The number of benzene rings is 2. The van der Waals surface area contributed by atoms with Gasteiger partial charge in [0.15, 0.2) is 17.4 Å². The molecule has 0 aliphatic heterocycles. The highest BCUT2D eigenvalue weighted by molar-refractivity contribution is 5.96. The van der Waals surface area contributed by atoms with E-state index in [1.165, 1.54) is 23.2 Å². The molecule has 0 aliphatic carbocycles. The maximum absolute atomic E-state index is 13.6. The number of pyridine rings is 2. The molecule has 0 spiro atoms. The largest absolute Gasteiger partial charge is 0.346 e. The van der Waals surface area contributed by atoms with Gasteiger partial charge in [-0.1, -0.05) is 36.4 Å². The van der Waals surface area contributed by atoms with E-state index in [-0.39, 0.29) is 24.3 Å². The van der Waals surface area contributed by atoms with Gasteiger partial charge in [-0.2, -0.15) is 0 Å². The average molecular weight is 548 g/mol. The van der Waals surface area contributed by atoms with Crippen LogP contribution in [-0.4, -0.2) is 30.3 Å². The van der Waals surface area contributed by atoms with Crippen LogP contribution in [0.5, 0.6) is 0 Å². The third kappa shape index (κ3) is 5.42. The number of carbonyl (C=O) groups excluding carboxylic acids is 1. The Morgan fingerprint density at radius 1 is 0.854 bits per heavy atom. The van der Waals surface area contributed by atoms with Crippen LogP contribution in [0.3, 0.4) is 0 Å². The Bertz CT molecular complexity index is 1950.